The predicted octanol–water partition coefficient (Wildman–Crippen LogP) is 2.05. The van der Waals surface area contributed by atoms with E-state index in [9.17, 15) is 0 Å². The second-order valence-corrected chi connectivity index (χ2v) is 3.95. The van der Waals surface area contributed by atoms with Crippen LogP contribution in [0.3, 0.4) is 0 Å². The molecule has 0 aromatic carbocycles. The van der Waals surface area contributed by atoms with E-state index in [0.29, 0.717) is 6.42 Å². The summed E-state index contributed by atoms with van der Waals surface area (Å²) in [5, 5.41) is 17.8. The van der Waals surface area contributed by atoms with Crippen molar-refractivity contribution < 1.29 is 10.2 Å². The van der Waals surface area contributed by atoms with Crippen LogP contribution in [0.5, 0.6) is 0 Å². The number of rotatable bonds is 7. The molecule has 0 aliphatic carbocycles. The monoisotopic (exact) mass is 219 g/mol. The SMILES string of the molecule is CCCCC(O)C(C)O.CCCCCN. The van der Waals surface area contributed by atoms with Crippen LogP contribution in [0.4, 0.5) is 0 Å². The summed E-state index contributed by atoms with van der Waals surface area (Å²) >= 11 is 0. The van der Waals surface area contributed by atoms with Crippen molar-refractivity contribution in [2.75, 3.05) is 6.54 Å². The van der Waals surface area contributed by atoms with Crippen LogP contribution in [0.25, 0.3) is 0 Å². The lowest BCUT2D eigenvalue weighted by molar-refractivity contribution is 0.0250. The summed E-state index contributed by atoms with van der Waals surface area (Å²) in [5.41, 5.74) is 5.21. The zero-order valence-corrected chi connectivity index (χ0v) is 10.6. The lowest BCUT2D eigenvalue weighted by Gasteiger charge is -2.11. The fourth-order valence-electron chi connectivity index (χ4n) is 1.05. The molecule has 0 saturated carbocycles. The van der Waals surface area contributed by atoms with E-state index >= 15 is 0 Å². The van der Waals surface area contributed by atoms with Crippen molar-refractivity contribution in [1.82, 2.24) is 0 Å². The molecule has 0 rings (SSSR count). The average molecular weight is 219 g/mol. The molecule has 0 aromatic heterocycles. The molecule has 4 N–H and O–H groups in total. The Labute approximate surface area is 94.7 Å². The summed E-state index contributed by atoms with van der Waals surface area (Å²) < 4.78 is 0. The maximum absolute atomic E-state index is 9.01. The van der Waals surface area contributed by atoms with Crippen molar-refractivity contribution in [2.24, 2.45) is 5.73 Å². The van der Waals surface area contributed by atoms with Gasteiger partial charge in [-0.1, -0.05) is 39.5 Å². The molecule has 0 heterocycles. The van der Waals surface area contributed by atoms with E-state index in [0.717, 1.165) is 19.4 Å². The molecular formula is C12H29NO2. The van der Waals surface area contributed by atoms with Crippen LogP contribution in [0.1, 0.15) is 59.3 Å². The van der Waals surface area contributed by atoms with Crippen LogP contribution in [0, 0.1) is 0 Å². The third kappa shape index (κ3) is 16.5. The van der Waals surface area contributed by atoms with Gasteiger partial charge in [-0.15, -0.1) is 0 Å². The van der Waals surface area contributed by atoms with Crippen molar-refractivity contribution in [2.45, 2.75) is 71.5 Å². The molecule has 0 fully saturated rings. The molecule has 0 radical (unpaired) electrons. The van der Waals surface area contributed by atoms with Crippen molar-refractivity contribution >= 4 is 0 Å². The molecule has 0 aromatic rings. The van der Waals surface area contributed by atoms with E-state index in [4.69, 9.17) is 15.9 Å². The Morgan fingerprint density at radius 3 is 1.80 bits per heavy atom. The Morgan fingerprint density at radius 2 is 1.53 bits per heavy atom. The van der Waals surface area contributed by atoms with E-state index in [1.54, 1.807) is 6.92 Å². The lowest BCUT2D eigenvalue weighted by Crippen LogP contribution is -2.21. The average Bonchev–Trinajstić information content (AvgIpc) is 2.23. The van der Waals surface area contributed by atoms with Gasteiger partial charge in [0.05, 0.1) is 12.2 Å². The number of hydrogen-bond acceptors (Lipinski definition) is 3. The summed E-state index contributed by atoms with van der Waals surface area (Å²) in [7, 11) is 0. The normalized spacial score (nSPS) is 14.0. The molecule has 0 bridgehead atoms. The standard InChI is InChI=1S/C7H16O2.C5H13N/c1-3-4-5-7(9)6(2)8;1-2-3-4-5-6/h6-9H,3-5H2,1-2H3;2-6H2,1H3. The van der Waals surface area contributed by atoms with Crippen LogP contribution in [0.15, 0.2) is 0 Å². The molecule has 0 aliphatic heterocycles. The first-order valence-corrected chi connectivity index (χ1v) is 6.16. The third-order valence-electron chi connectivity index (χ3n) is 2.22. The summed E-state index contributed by atoms with van der Waals surface area (Å²) in [6.07, 6.45) is 5.44. The van der Waals surface area contributed by atoms with E-state index in [-0.39, 0.29) is 0 Å². The second kappa shape index (κ2) is 13.9. The first-order chi connectivity index (χ1) is 7.09. The van der Waals surface area contributed by atoms with Gasteiger partial charge in [-0.3, -0.25) is 0 Å². The van der Waals surface area contributed by atoms with Gasteiger partial charge >= 0.3 is 0 Å². The number of aliphatic hydroxyl groups is 2. The van der Waals surface area contributed by atoms with Crippen molar-refractivity contribution in [3.05, 3.63) is 0 Å². The Morgan fingerprint density at radius 1 is 1.00 bits per heavy atom. The van der Waals surface area contributed by atoms with Gasteiger partial charge in [-0.25, -0.2) is 0 Å². The molecular weight excluding hydrogens is 190 g/mol. The van der Waals surface area contributed by atoms with Gasteiger partial charge in [0.2, 0.25) is 0 Å². The van der Waals surface area contributed by atoms with Crippen LogP contribution in [-0.2, 0) is 0 Å². The first kappa shape index (κ1) is 17.3. The first-order valence-electron chi connectivity index (χ1n) is 6.16. The summed E-state index contributed by atoms with van der Waals surface area (Å²) in [6, 6.07) is 0. The minimum Gasteiger partial charge on any atom is -0.391 e. The van der Waals surface area contributed by atoms with Crippen LogP contribution >= 0.6 is 0 Å². The molecule has 0 aliphatic rings. The Kier molecular flexibility index (Phi) is 16.0. The molecule has 0 spiro atoms. The Hall–Kier alpha value is -0.120. The van der Waals surface area contributed by atoms with Gasteiger partial charge in [0, 0.05) is 0 Å². The molecule has 3 nitrogen and oxygen atoms in total. The zero-order valence-electron chi connectivity index (χ0n) is 10.6. The van der Waals surface area contributed by atoms with Gasteiger partial charge < -0.3 is 15.9 Å². The van der Waals surface area contributed by atoms with Gasteiger partial charge in [0.25, 0.3) is 0 Å². The fourth-order valence-corrected chi connectivity index (χ4v) is 1.05. The highest BCUT2D eigenvalue weighted by atomic mass is 16.3. The molecule has 94 valence electrons. The molecule has 3 heteroatoms. The highest BCUT2D eigenvalue weighted by Crippen LogP contribution is 2.03. The molecule has 0 amide bonds. The fraction of sp³-hybridized carbons (Fsp3) is 1.00. The molecule has 15 heavy (non-hydrogen) atoms. The van der Waals surface area contributed by atoms with E-state index in [1.165, 1.54) is 19.3 Å². The number of hydrogen-bond donors (Lipinski definition) is 3. The van der Waals surface area contributed by atoms with Crippen molar-refractivity contribution in [1.29, 1.82) is 0 Å². The van der Waals surface area contributed by atoms with E-state index in [2.05, 4.69) is 13.8 Å². The minimum atomic E-state index is -0.573. The van der Waals surface area contributed by atoms with Gasteiger partial charge in [0.15, 0.2) is 0 Å². The Bertz CT molecular complexity index is 104. The minimum absolute atomic E-state index is 0.523. The smallest absolute Gasteiger partial charge is 0.0796 e. The lowest BCUT2D eigenvalue weighted by atomic mass is 10.1. The van der Waals surface area contributed by atoms with Crippen molar-refractivity contribution in [3.63, 3.8) is 0 Å². The molecule has 0 saturated heterocycles. The van der Waals surface area contributed by atoms with Crippen LogP contribution in [-0.4, -0.2) is 29.0 Å². The van der Waals surface area contributed by atoms with E-state index < -0.39 is 12.2 Å². The number of aliphatic hydroxyl groups excluding tert-OH is 2. The summed E-state index contributed by atoms with van der Waals surface area (Å²) in [4.78, 5) is 0. The highest BCUT2D eigenvalue weighted by molar-refractivity contribution is 4.60. The molecule has 2 unspecified atom stereocenters. The van der Waals surface area contributed by atoms with Gasteiger partial charge in [-0.05, 0) is 26.3 Å². The van der Waals surface area contributed by atoms with Crippen LogP contribution in [0.2, 0.25) is 0 Å². The maximum atomic E-state index is 9.01. The van der Waals surface area contributed by atoms with Crippen molar-refractivity contribution in [3.8, 4) is 0 Å². The predicted molar refractivity (Wildman–Crippen MR) is 65.8 cm³/mol. The van der Waals surface area contributed by atoms with Gasteiger partial charge in [-0.2, -0.15) is 0 Å². The van der Waals surface area contributed by atoms with Gasteiger partial charge in [0.1, 0.15) is 0 Å². The quantitative estimate of drug-likeness (QED) is 0.574. The maximum Gasteiger partial charge on any atom is 0.0796 e. The number of nitrogens with two attached hydrogens (primary N) is 1. The highest BCUT2D eigenvalue weighted by Gasteiger charge is 2.08. The topological polar surface area (TPSA) is 66.5 Å². The second-order valence-electron chi connectivity index (χ2n) is 3.95. The Balaban J connectivity index is 0. The van der Waals surface area contributed by atoms with E-state index in [1.807, 2.05) is 0 Å². The largest absolute Gasteiger partial charge is 0.391 e. The zero-order chi connectivity index (χ0) is 12.1. The molecule has 2 atom stereocenters. The van der Waals surface area contributed by atoms with Crippen LogP contribution < -0.4 is 5.73 Å². The third-order valence-corrected chi connectivity index (χ3v) is 2.22. The summed E-state index contributed by atoms with van der Waals surface area (Å²) in [6.45, 7) is 6.71. The number of unbranched alkanes of at least 4 members (excludes halogenated alkanes) is 3. The summed E-state index contributed by atoms with van der Waals surface area (Å²) in [5.74, 6) is 0.